The maximum absolute atomic E-state index is 11.8. The predicted octanol–water partition coefficient (Wildman–Crippen LogP) is -0.288. The molecule has 1 N–H and O–H groups in total. The molecule has 0 bridgehead atoms. The van der Waals surface area contributed by atoms with Crippen LogP contribution in [0.5, 0.6) is 0 Å². The van der Waals surface area contributed by atoms with Crippen LogP contribution < -0.4 is 5.32 Å². The lowest BCUT2D eigenvalue weighted by molar-refractivity contribution is -0.279. The molecule has 1 aliphatic rings. The van der Waals surface area contributed by atoms with E-state index >= 15 is 0 Å². The molecule has 184 valence electrons. The molecule has 1 amide bonds. The van der Waals surface area contributed by atoms with E-state index in [1.807, 2.05) is 6.92 Å². The van der Waals surface area contributed by atoms with Gasteiger partial charge >= 0.3 is 17.9 Å². The Labute approximate surface area is 187 Å². The van der Waals surface area contributed by atoms with Crippen LogP contribution in [0, 0.1) is 0 Å². The summed E-state index contributed by atoms with van der Waals surface area (Å²) < 4.78 is 37.9. The second-order valence-electron chi connectivity index (χ2n) is 6.90. The SMILES string of the molecule is CCOCCOCCOC1OC(COC(C)=O)C(OC(C)=O)C(OC(C)=O)C1NC(C)=O. The van der Waals surface area contributed by atoms with E-state index in [9.17, 15) is 19.2 Å². The third kappa shape index (κ3) is 10.4. The highest BCUT2D eigenvalue weighted by atomic mass is 16.7. The lowest BCUT2D eigenvalue weighted by Crippen LogP contribution is -2.66. The number of esters is 3. The van der Waals surface area contributed by atoms with Gasteiger partial charge in [0.25, 0.3) is 0 Å². The van der Waals surface area contributed by atoms with Gasteiger partial charge in [-0.3, -0.25) is 19.2 Å². The van der Waals surface area contributed by atoms with Crippen molar-refractivity contribution < 1.29 is 52.3 Å². The number of nitrogens with one attached hydrogen (secondary N) is 1. The predicted molar refractivity (Wildman–Crippen MR) is 107 cm³/mol. The van der Waals surface area contributed by atoms with Gasteiger partial charge in [0.05, 0.1) is 26.4 Å². The lowest BCUT2D eigenvalue weighted by atomic mass is 9.96. The lowest BCUT2D eigenvalue weighted by Gasteiger charge is -2.44. The van der Waals surface area contributed by atoms with Crippen LogP contribution in [0.2, 0.25) is 0 Å². The first kappa shape index (κ1) is 27.8. The van der Waals surface area contributed by atoms with Crippen molar-refractivity contribution in [2.75, 3.05) is 39.6 Å². The monoisotopic (exact) mass is 463 g/mol. The fourth-order valence-corrected chi connectivity index (χ4v) is 3.02. The molecule has 1 rings (SSSR count). The molecule has 0 aromatic rings. The van der Waals surface area contributed by atoms with Gasteiger partial charge in [0.15, 0.2) is 18.5 Å². The topological polar surface area (TPSA) is 145 Å². The van der Waals surface area contributed by atoms with E-state index in [2.05, 4.69) is 5.32 Å². The van der Waals surface area contributed by atoms with E-state index in [1.54, 1.807) is 0 Å². The molecular weight excluding hydrogens is 430 g/mol. The van der Waals surface area contributed by atoms with Gasteiger partial charge in [-0.2, -0.15) is 0 Å². The minimum atomic E-state index is -1.16. The van der Waals surface area contributed by atoms with Crippen molar-refractivity contribution in [3.63, 3.8) is 0 Å². The molecule has 1 saturated heterocycles. The van der Waals surface area contributed by atoms with Crippen LogP contribution in [-0.2, 0) is 52.3 Å². The molecule has 0 radical (unpaired) electrons. The molecule has 12 nitrogen and oxygen atoms in total. The Morgan fingerprint density at radius 1 is 0.812 bits per heavy atom. The highest BCUT2D eigenvalue weighted by molar-refractivity contribution is 5.73. The van der Waals surface area contributed by atoms with Gasteiger partial charge in [-0.1, -0.05) is 0 Å². The van der Waals surface area contributed by atoms with Crippen molar-refractivity contribution in [1.29, 1.82) is 0 Å². The number of carbonyl (C=O) groups is 4. The summed E-state index contributed by atoms with van der Waals surface area (Å²) >= 11 is 0. The molecule has 0 spiro atoms. The fraction of sp³-hybridized carbons (Fsp3) is 0.800. The molecule has 0 aromatic heterocycles. The number of carbonyl (C=O) groups excluding carboxylic acids is 4. The summed E-state index contributed by atoms with van der Waals surface area (Å²) in [5.74, 6) is -2.37. The summed E-state index contributed by atoms with van der Waals surface area (Å²) in [6.07, 6.45) is -4.43. The summed E-state index contributed by atoms with van der Waals surface area (Å²) in [4.78, 5) is 46.6. The van der Waals surface area contributed by atoms with E-state index in [4.69, 9.17) is 33.2 Å². The zero-order valence-electron chi connectivity index (χ0n) is 19.1. The maximum atomic E-state index is 11.8. The summed E-state index contributed by atoms with van der Waals surface area (Å²) in [6.45, 7) is 8.09. The molecule has 5 atom stereocenters. The molecule has 0 aromatic carbocycles. The van der Waals surface area contributed by atoms with Crippen molar-refractivity contribution in [2.45, 2.75) is 65.3 Å². The molecule has 1 fully saturated rings. The Hall–Kier alpha value is -2.28. The van der Waals surface area contributed by atoms with Gasteiger partial charge in [-0.05, 0) is 6.92 Å². The fourth-order valence-electron chi connectivity index (χ4n) is 3.02. The van der Waals surface area contributed by atoms with Crippen molar-refractivity contribution >= 4 is 23.8 Å². The first-order valence-electron chi connectivity index (χ1n) is 10.3. The van der Waals surface area contributed by atoms with E-state index in [1.165, 1.54) is 27.7 Å². The highest BCUT2D eigenvalue weighted by Crippen LogP contribution is 2.28. The summed E-state index contributed by atoms with van der Waals surface area (Å²) in [7, 11) is 0. The molecule has 1 heterocycles. The van der Waals surface area contributed by atoms with Gasteiger partial charge in [-0.25, -0.2) is 0 Å². The first-order valence-corrected chi connectivity index (χ1v) is 10.3. The van der Waals surface area contributed by atoms with Gasteiger partial charge in [0.2, 0.25) is 5.91 Å². The molecule has 32 heavy (non-hydrogen) atoms. The summed E-state index contributed by atoms with van der Waals surface area (Å²) in [5, 5.41) is 2.62. The van der Waals surface area contributed by atoms with Crippen LogP contribution in [0.4, 0.5) is 0 Å². The van der Waals surface area contributed by atoms with Crippen LogP contribution in [0.3, 0.4) is 0 Å². The average Bonchev–Trinajstić information content (AvgIpc) is 2.68. The average molecular weight is 463 g/mol. The van der Waals surface area contributed by atoms with E-state index < -0.39 is 54.5 Å². The summed E-state index contributed by atoms with van der Waals surface area (Å²) in [5.41, 5.74) is 0. The first-order chi connectivity index (χ1) is 15.1. The number of hydrogen-bond donors (Lipinski definition) is 1. The Morgan fingerprint density at radius 2 is 1.41 bits per heavy atom. The summed E-state index contributed by atoms with van der Waals surface area (Å²) in [6, 6.07) is -1.00. The maximum Gasteiger partial charge on any atom is 0.303 e. The largest absolute Gasteiger partial charge is 0.463 e. The van der Waals surface area contributed by atoms with Crippen molar-refractivity contribution in [1.82, 2.24) is 5.32 Å². The Balaban J connectivity index is 3.01. The minimum absolute atomic E-state index is 0.0815. The van der Waals surface area contributed by atoms with E-state index in [0.29, 0.717) is 19.8 Å². The third-order valence-electron chi connectivity index (χ3n) is 4.16. The molecule has 5 unspecified atom stereocenters. The standard InChI is InChI=1S/C20H33NO11/c1-6-26-7-8-27-9-10-28-20-17(21-12(2)22)19(31-15(5)25)18(30-14(4)24)16(32-20)11-29-13(3)23/h16-20H,6-11H2,1-5H3,(H,21,22). The van der Waals surface area contributed by atoms with Crippen molar-refractivity contribution in [3.05, 3.63) is 0 Å². The molecule has 0 saturated carbocycles. The van der Waals surface area contributed by atoms with Crippen molar-refractivity contribution in [3.8, 4) is 0 Å². The van der Waals surface area contributed by atoms with Crippen LogP contribution >= 0.6 is 0 Å². The van der Waals surface area contributed by atoms with Gasteiger partial charge < -0.3 is 38.5 Å². The zero-order chi connectivity index (χ0) is 24.1. The third-order valence-corrected chi connectivity index (χ3v) is 4.16. The number of rotatable bonds is 13. The van der Waals surface area contributed by atoms with Gasteiger partial charge in [0.1, 0.15) is 18.8 Å². The second-order valence-corrected chi connectivity index (χ2v) is 6.90. The van der Waals surface area contributed by atoms with Crippen LogP contribution in [0.1, 0.15) is 34.6 Å². The quantitative estimate of drug-likeness (QED) is 0.218. The van der Waals surface area contributed by atoms with Crippen LogP contribution in [0.25, 0.3) is 0 Å². The second kappa shape index (κ2) is 14.7. The molecular formula is C20H33NO11. The molecule has 12 heteroatoms. The Bertz CT molecular complexity index is 627. The molecule has 1 aliphatic heterocycles. The Morgan fingerprint density at radius 3 is 1.97 bits per heavy atom. The minimum Gasteiger partial charge on any atom is -0.463 e. The number of hydrogen-bond acceptors (Lipinski definition) is 11. The highest BCUT2D eigenvalue weighted by Gasteiger charge is 2.51. The van der Waals surface area contributed by atoms with E-state index in [0.717, 1.165) is 0 Å². The van der Waals surface area contributed by atoms with Crippen LogP contribution in [-0.4, -0.2) is 94.1 Å². The number of amides is 1. The van der Waals surface area contributed by atoms with Crippen molar-refractivity contribution in [2.24, 2.45) is 0 Å². The normalized spacial score (nSPS) is 25.0. The smallest absolute Gasteiger partial charge is 0.303 e. The van der Waals surface area contributed by atoms with Gasteiger partial charge in [-0.15, -0.1) is 0 Å². The zero-order valence-corrected chi connectivity index (χ0v) is 19.1. The van der Waals surface area contributed by atoms with Gasteiger partial charge in [0, 0.05) is 34.3 Å². The molecule has 0 aliphatic carbocycles. The van der Waals surface area contributed by atoms with E-state index in [-0.39, 0.29) is 19.8 Å². The number of ether oxygens (including phenoxy) is 7. The Kier molecular flexibility index (Phi) is 12.8. The van der Waals surface area contributed by atoms with Crippen LogP contribution in [0.15, 0.2) is 0 Å².